The van der Waals surface area contributed by atoms with Crippen molar-refractivity contribution in [2.24, 2.45) is 0 Å². The standard InChI is InChI=1S/C20H20N4O2/c1-19(2)20(3)17(26-20)15-11-14(9-10-16(15)25-19)18-21-22-23-24(18)12-13-7-5-4-6-8-13/h4-11,17H,12H2,1-3H3/t17-,20-/m0/s1. The molecule has 5 rings (SSSR count). The van der Waals surface area contributed by atoms with E-state index in [1.54, 1.807) is 0 Å². The zero-order chi connectivity index (χ0) is 17.9. The SMILES string of the molecule is CC1(C)Oc2ccc(-c3nnnn3Cc3ccccc3)cc2[C@@H]2O[C@@]21C. The molecule has 3 heterocycles. The van der Waals surface area contributed by atoms with Crippen LogP contribution in [-0.2, 0) is 11.3 Å². The first-order valence-electron chi connectivity index (χ1n) is 8.79. The summed E-state index contributed by atoms with van der Waals surface area (Å²) in [6.45, 7) is 6.88. The van der Waals surface area contributed by atoms with E-state index >= 15 is 0 Å². The van der Waals surface area contributed by atoms with Gasteiger partial charge in [-0.15, -0.1) is 5.10 Å². The Balaban J connectivity index is 1.51. The van der Waals surface area contributed by atoms with Crippen molar-refractivity contribution in [2.45, 2.75) is 44.6 Å². The minimum atomic E-state index is -0.346. The van der Waals surface area contributed by atoms with E-state index in [9.17, 15) is 0 Å². The van der Waals surface area contributed by atoms with Crippen LogP contribution in [-0.4, -0.2) is 31.4 Å². The molecule has 1 saturated heterocycles. The summed E-state index contributed by atoms with van der Waals surface area (Å²) in [7, 11) is 0. The van der Waals surface area contributed by atoms with Gasteiger partial charge < -0.3 is 9.47 Å². The van der Waals surface area contributed by atoms with Gasteiger partial charge in [-0.1, -0.05) is 30.3 Å². The predicted octanol–water partition coefficient (Wildman–Crippen LogP) is 3.39. The topological polar surface area (TPSA) is 65.4 Å². The maximum Gasteiger partial charge on any atom is 0.182 e. The van der Waals surface area contributed by atoms with Crippen LogP contribution in [0.1, 0.15) is 38.0 Å². The molecule has 0 unspecified atom stereocenters. The highest BCUT2D eigenvalue weighted by molar-refractivity contribution is 5.61. The highest BCUT2D eigenvalue weighted by Gasteiger charge is 2.67. The fourth-order valence-corrected chi connectivity index (χ4v) is 3.66. The van der Waals surface area contributed by atoms with Gasteiger partial charge >= 0.3 is 0 Å². The van der Waals surface area contributed by atoms with Gasteiger partial charge in [-0.05, 0) is 55.0 Å². The third kappa shape index (κ3) is 2.18. The van der Waals surface area contributed by atoms with Crippen LogP contribution >= 0.6 is 0 Å². The normalized spacial score (nSPS) is 25.1. The summed E-state index contributed by atoms with van der Waals surface area (Å²) >= 11 is 0. The zero-order valence-corrected chi connectivity index (χ0v) is 15.0. The first-order valence-corrected chi connectivity index (χ1v) is 8.79. The van der Waals surface area contributed by atoms with Crippen LogP contribution in [0.15, 0.2) is 48.5 Å². The van der Waals surface area contributed by atoms with E-state index in [0.29, 0.717) is 6.54 Å². The van der Waals surface area contributed by atoms with E-state index in [0.717, 1.165) is 28.3 Å². The smallest absolute Gasteiger partial charge is 0.182 e. The number of tetrazole rings is 1. The molecular weight excluding hydrogens is 328 g/mol. The molecule has 0 N–H and O–H groups in total. The number of epoxide rings is 1. The van der Waals surface area contributed by atoms with E-state index in [-0.39, 0.29) is 17.3 Å². The number of benzene rings is 2. The van der Waals surface area contributed by atoms with Crippen LogP contribution in [0, 0.1) is 0 Å². The molecule has 26 heavy (non-hydrogen) atoms. The maximum atomic E-state index is 6.19. The van der Waals surface area contributed by atoms with Crippen molar-refractivity contribution in [1.29, 1.82) is 0 Å². The fraction of sp³-hybridized carbons (Fsp3) is 0.350. The number of aromatic nitrogens is 4. The second-order valence-electron chi connectivity index (χ2n) is 7.62. The van der Waals surface area contributed by atoms with Crippen molar-refractivity contribution < 1.29 is 9.47 Å². The lowest BCUT2D eigenvalue weighted by Crippen LogP contribution is -2.45. The van der Waals surface area contributed by atoms with Gasteiger partial charge in [0.2, 0.25) is 0 Å². The molecule has 132 valence electrons. The quantitative estimate of drug-likeness (QED) is 0.679. The van der Waals surface area contributed by atoms with Gasteiger partial charge in [0, 0.05) is 11.1 Å². The molecule has 1 fully saturated rings. The number of fused-ring (bicyclic) bond motifs is 3. The third-order valence-electron chi connectivity index (χ3n) is 5.62. The first kappa shape index (κ1) is 15.5. The minimum absolute atomic E-state index is 0.0552. The second kappa shape index (κ2) is 5.14. The molecule has 0 radical (unpaired) electrons. The minimum Gasteiger partial charge on any atom is -0.484 e. The Bertz CT molecular complexity index is 982. The fourth-order valence-electron chi connectivity index (χ4n) is 3.66. The largest absolute Gasteiger partial charge is 0.484 e. The van der Waals surface area contributed by atoms with E-state index < -0.39 is 0 Å². The van der Waals surface area contributed by atoms with Gasteiger partial charge in [-0.3, -0.25) is 0 Å². The molecule has 2 aliphatic heterocycles. The Morgan fingerprint density at radius 2 is 1.88 bits per heavy atom. The van der Waals surface area contributed by atoms with Crippen LogP contribution in [0.25, 0.3) is 11.4 Å². The maximum absolute atomic E-state index is 6.19. The lowest BCUT2D eigenvalue weighted by molar-refractivity contribution is 0.0242. The molecule has 2 atom stereocenters. The summed E-state index contributed by atoms with van der Waals surface area (Å²) in [5, 5.41) is 12.3. The first-order chi connectivity index (χ1) is 12.5. The summed E-state index contributed by atoms with van der Waals surface area (Å²) in [5.74, 6) is 1.62. The van der Waals surface area contributed by atoms with Crippen LogP contribution in [0.4, 0.5) is 0 Å². The molecule has 0 amide bonds. The second-order valence-corrected chi connectivity index (χ2v) is 7.62. The summed E-state index contributed by atoms with van der Waals surface area (Å²) in [5.41, 5.74) is 2.56. The molecule has 2 aliphatic rings. The molecule has 0 bridgehead atoms. The van der Waals surface area contributed by atoms with Crippen molar-refractivity contribution >= 4 is 0 Å². The molecule has 1 aromatic heterocycles. The summed E-state index contributed by atoms with van der Waals surface area (Å²) in [6, 6.07) is 16.3. The van der Waals surface area contributed by atoms with Crippen molar-refractivity contribution in [1.82, 2.24) is 20.2 Å². The average molecular weight is 348 g/mol. The number of hydrogen-bond donors (Lipinski definition) is 0. The van der Waals surface area contributed by atoms with Crippen molar-refractivity contribution in [3.8, 4) is 17.1 Å². The predicted molar refractivity (Wildman–Crippen MR) is 95.7 cm³/mol. The van der Waals surface area contributed by atoms with Crippen LogP contribution in [0.2, 0.25) is 0 Å². The van der Waals surface area contributed by atoms with E-state index in [4.69, 9.17) is 9.47 Å². The van der Waals surface area contributed by atoms with Crippen molar-refractivity contribution in [3.05, 3.63) is 59.7 Å². The van der Waals surface area contributed by atoms with E-state index in [1.807, 2.05) is 35.0 Å². The van der Waals surface area contributed by atoms with Gasteiger partial charge in [0.05, 0.1) is 6.54 Å². The summed E-state index contributed by atoms with van der Waals surface area (Å²) < 4.78 is 14.0. The summed E-state index contributed by atoms with van der Waals surface area (Å²) in [6.07, 6.45) is 0.0552. The van der Waals surface area contributed by atoms with Crippen LogP contribution in [0.5, 0.6) is 5.75 Å². The van der Waals surface area contributed by atoms with E-state index in [1.165, 1.54) is 0 Å². The molecule has 6 heteroatoms. The van der Waals surface area contributed by atoms with Crippen LogP contribution < -0.4 is 4.74 Å². The Hall–Kier alpha value is -2.73. The lowest BCUT2D eigenvalue weighted by Gasteiger charge is -2.35. The van der Waals surface area contributed by atoms with E-state index in [2.05, 4.69) is 54.5 Å². The Kier molecular flexibility index (Phi) is 3.07. The van der Waals surface area contributed by atoms with Crippen molar-refractivity contribution in [3.63, 3.8) is 0 Å². The van der Waals surface area contributed by atoms with Gasteiger partial charge in [0.15, 0.2) is 5.82 Å². The Morgan fingerprint density at radius 3 is 2.69 bits per heavy atom. The monoisotopic (exact) mass is 348 g/mol. The zero-order valence-electron chi connectivity index (χ0n) is 15.0. The van der Waals surface area contributed by atoms with Gasteiger partial charge in [0.25, 0.3) is 0 Å². The molecule has 0 aliphatic carbocycles. The molecule has 3 aromatic rings. The highest BCUT2D eigenvalue weighted by Crippen LogP contribution is 2.62. The number of rotatable bonds is 3. The highest BCUT2D eigenvalue weighted by atomic mass is 16.7. The van der Waals surface area contributed by atoms with Crippen LogP contribution in [0.3, 0.4) is 0 Å². The van der Waals surface area contributed by atoms with Gasteiger partial charge in [-0.25, -0.2) is 4.68 Å². The molecule has 2 aromatic carbocycles. The van der Waals surface area contributed by atoms with Gasteiger partial charge in [0.1, 0.15) is 23.1 Å². The lowest BCUT2D eigenvalue weighted by atomic mass is 9.83. The van der Waals surface area contributed by atoms with Gasteiger partial charge in [-0.2, -0.15) is 0 Å². The Labute approximate surface area is 151 Å². The number of hydrogen-bond acceptors (Lipinski definition) is 5. The van der Waals surface area contributed by atoms with Crippen molar-refractivity contribution in [2.75, 3.05) is 0 Å². The number of nitrogens with zero attached hydrogens (tertiary/aromatic N) is 4. The Morgan fingerprint density at radius 1 is 1.08 bits per heavy atom. The molecule has 6 nitrogen and oxygen atoms in total. The average Bonchev–Trinajstić information content (AvgIpc) is 3.14. The third-order valence-corrected chi connectivity index (χ3v) is 5.62. The number of ether oxygens (including phenoxy) is 2. The molecule has 0 spiro atoms. The molecule has 0 saturated carbocycles. The summed E-state index contributed by atoms with van der Waals surface area (Å²) in [4.78, 5) is 0. The molecular formula is C20H20N4O2.